The molecule has 4 aromatic rings. The van der Waals surface area contributed by atoms with E-state index in [1.807, 2.05) is 24.4 Å². The van der Waals surface area contributed by atoms with Gasteiger partial charge in [0.15, 0.2) is 0 Å². The van der Waals surface area contributed by atoms with Crippen LogP contribution in [0.1, 0.15) is 85.5 Å². The monoisotopic (exact) mass is 471 g/mol. The lowest BCUT2D eigenvalue weighted by molar-refractivity contribution is 0.00902. The van der Waals surface area contributed by atoms with Crippen molar-refractivity contribution in [1.29, 1.82) is 0 Å². The van der Waals surface area contributed by atoms with Crippen LogP contribution in [0.3, 0.4) is 0 Å². The van der Waals surface area contributed by atoms with Gasteiger partial charge in [-0.05, 0) is 105 Å². The van der Waals surface area contributed by atoms with Crippen LogP contribution >= 0.6 is 0 Å². The largest absolute Gasteiger partial charge is 0.459 e. The van der Waals surface area contributed by atoms with Gasteiger partial charge in [0.1, 0.15) is 17.7 Å². The second-order valence-corrected chi connectivity index (χ2v) is 10.3. The first-order valence-electron chi connectivity index (χ1n) is 12.8. The summed E-state index contributed by atoms with van der Waals surface area (Å²) in [6.07, 6.45) is 9.33. The summed E-state index contributed by atoms with van der Waals surface area (Å²) in [7, 11) is 0. The molecule has 0 radical (unpaired) electrons. The van der Waals surface area contributed by atoms with Crippen LogP contribution in [0.2, 0.25) is 0 Å². The molecule has 0 unspecified atom stereocenters. The molecule has 6 heteroatoms. The highest BCUT2D eigenvalue weighted by molar-refractivity contribution is 5.93. The average Bonchev–Trinajstić information content (AvgIpc) is 3.29. The summed E-state index contributed by atoms with van der Waals surface area (Å²) in [5.41, 5.74) is 4.41. The Morgan fingerprint density at radius 1 is 1.03 bits per heavy atom. The van der Waals surface area contributed by atoms with Crippen LogP contribution in [0.25, 0.3) is 21.9 Å². The van der Waals surface area contributed by atoms with Gasteiger partial charge < -0.3 is 9.72 Å². The number of nitrogens with one attached hydrogen (secondary N) is 1. The lowest BCUT2D eigenvalue weighted by Crippen LogP contribution is -2.25. The van der Waals surface area contributed by atoms with Gasteiger partial charge >= 0.3 is 5.97 Å². The Balaban J connectivity index is 1.15. The van der Waals surface area contributed by atoms with Gasteiger partial charge in [0.2, 0.25) is 0 Å². The molecule has 1 N–H and O–H groups in total. The number of rotatable bonds is 5. The quantitative estimate of drug-likeness (QED) is 0.317. The Kier molecular flexibility index (Phi) is 5.75. The molecule has 2 heterocycles. The van der Waals surface area contributed by atoms with Gasteiger partial charge in [-0.3, -0.25) is 4.98 Å². The third-order valence-electron chi connectivity index (χ3n) is 8.15. The Hall–Kier alpha value is -3.28. The van der Waals surface area contributed by atoms with E-state index in [1.54, 1.807) is 12.1 Å². The van der Waals surface area contributed by atoms with E-state index in [9.17, 15) is 9.18 Å². The van der Waals surface area contributed by atoms with Crippen molar-refractivity contribution < 1.29 is 13.9 Å². The SMILES string of the molecule is C[C@@H](c1nc2ccc(C(=O)OC3CCC3)cc2[nH]1)[C@H]1CC[C@@H](c2ccnc3ccc(F)cc32)CC1. The number of fused-ring (bicyclic) bond motifs is 2. The number of H-pyrrole nitrogens is 1. The molecular formula is C29H30FN3O2. The summed E-state index contributed by atoms with van der Waals surface area (Å²) in [6, 6.07) is 12.5. The number of benzene rings is 2. The lowest BCUT2D eigenvalue weighted by atomic mass is 9.73. The minimum Gasteiger partial charge on any atom is -0.459 e. The fourth-order valence-corrected chi connectivity index (χ4v) is 5.73. The maximum absolute atomic E-state index is 13.9. The molecular weight excluding hydrogens is 441 g/mol. The molecule has 2 fully saturated rings. The van der Waals surface area contributed by atoms with Crippen molar-refractivity contribution in [3.8, 4) is 0 Å². The number of pyridine rings is 1. The Morgan fingerprint density at radius 2 is 1.83 bits per heavy atom. The van der Waals surface area contributed by atoms with Gasteiger partial charge in [-0.15, -0.1) is 0 Å². The van der Waals surface area contributed by atoms with Gasteiger partial charge in [0.25, 0.3) is 0 Å². The number of ether oxygens (including phenoxy) is 1. The lowest BCUT2D eigenvalue weighted by Gasteiger charge is -2.32. The maximum atomic E-state index is 13.9. The predicted octanol–water partition coefficient (Wildman–Crippen LogP) is 7.04. The zero-order valence-corrected chi connectivity index (χ0v) is 20.0. The summed E-state index contributed by atoms with van der Waals surface area (Å²) in [5.74, 6) is 1.76. The van der Waals surface area contributed by atoms with Gasteiger partial charge in [-0.1, -0.05) is 6.92 Å². The van der Waals surface area contributed by atoms with Crippen LogP contribution in [0.5, 0.6) is 0 Å². The molecule has 180 valence electrons. The number of nitrogens with zero attached hydrogens (tertiary/aromatic N) is 2. The topological polar surface area (TPSA) is 67.9 Å². The minimum atomic E-state index is -0.248. The molecule has 0 amide bonds. The molecule has 0 saturated heterocycles. The van der Waals surface area contributed by atoms with Crippen LogP contribution in [0, 0.1) is 11.7 Å². The van der Waals surface area contributed by atoms with Crippen LogP contribution < -0.4 is 0 Å². The van der Waals surface area contributed by atoms with Crippen molar-refractivity contribution in [2.75, 3.05) is 0 Å². The van der Waals surface area contributed by atoms with Gasteiger partial charge in [-0.25, -0.2) is 14.2 Å². The number of carbonyl (C=O) groups excluding carboxylic acids is 1. The summed E-state index contributed by atoms with van der Waals surface area (Å²) < 4.78 is 19.5. The van der Waals surface area contributed by atoms with E-state index in [-0.39, 0.29) is 17.9 Å². The Labute approximate surface area is 204 Å². The fraction of sp³-hybridized carbons (Fsp3) is 0.414. The zero-order chi connectivity index (χ0) is 23.9. The predicted molar refractivity (Wildman–Crippen MR) is 134 cm³/mol. The smallest absolute Gasteiger partial charge is 0.338 e. The first kappa shape index (κ1) is 22.2. The molecule has 6 rings (SSSR count). The summed E-state index contributed by atoms with van der Waals surface area (Å²) in [4.78, 5) is 25.2. The van der Waals surface area contributed by atoms with Crippen molar-refractivity contribution in [1.82, 2.24) is 15.0 Å². The molecule has 2 saturated carbocycles. The molecule has 0 spiro atoms. The van der Waals surface area contributed by atoms with Crippen LogP contribution in [-0.4, -0.2) is 27.0 Å². The van der Waals surface area contributed by atoms with Gasteiger partial charge in [0.05, 0.1) is 22.1 Å². The van der Waals surface area contributed by atoms with E-state index in [2.05, 4.69) is 23.0 Å². The number of imidazole rings is 1. The third-order valence-corrected chi connectivity index (χ3v) is 8.15. The number of hydrogen-bond acceptors (Lipinski definition) is 4. The maximum Gasteiger partial charge on any atom is 0.338 e. The molecule has 2 aliphatic carbocycles. The van der Waals surface area contributed by atoms with E-state index < -0.39 is 0 Å². The van der Waals surface area contributed by atoms with Crippen molar-refractivity contribution in [2.24, 2.45) is 5.92 Å². The Bertz CT molecular complexity index is 1390. The van der Waals surface area contributed by atoms with Gasteiger partial charge in [0, 0.05) is 17.5 Å². The van der Waals surface area contributed by atoms with Crippen molar-refractivity contribution in [3.05, 3.63) is 71.4 Å². The number of aromatic nitrogens is 3. The molecule has 2 aliphatic rings. The van der Waals surface area contributed by atoms with E-state index in [1.165, 1.54) is 11.6 Å². The van der Waals surface area contributed by atoms with E-state index in [4.69, 9.17) is 9.72 Å². The molecule has 5 nitrogen and oxygen atoms in total. The van der Waals surface area contributed by atoms with E-state index in [0.717, 1.165) is 72.7 Å². The number of carbonyl (C=O) groups is 1. The molecule has 2 aromatic carbocycles. The number of halogens is 1. The molecule has 35 heavy (non-hydrogen) atoms. The van der Waals surface area contributed by atoms with Gasteiger partial charge in [-0.2, -0.15) is 0 Å². The molecule has 1 atom stereocenters. The van der Waals surface area contributed by atoms with Crippen LogP contribution in [-0.2, 0) is 4.74 Å². The second-order valence-electron chi connectivity index (χ2n) is 10.3. The molecule has 2 aromatic heterocycles. The summed E-state index contributed by atoms with van der Waals surface area (Å²) in [5, 5.41) is 0.938. The first-order chi connectivity index (χ1) is 17.0. The summed E-state index contributed by atoms with van der Waals surface area (Å²) in [6.45, 7) is 2.24. The third kappa shape index (κ3) is 4.30. The summed E-state index contributed by atoms with van der Waals surface area (Å²) >= 11 is 0. The molecule has 0 aliphatic heterocycles. The number of esters is 1. The van der Waals surface area contributed by atoms with Crippen LogP contribution in [0.15, 0.2) is 48.7 Å². The zero-order valence-electron chi connectivity index (χ0n) is 20.0. The Morgan fingerprint density at radius 3 is 2.60 bits per heavy atom. The average molecular weight is 472 g/mol. The number of aromatic amines is 1. The van der Waals surface area contributed by atoms with Crippen molar-refractivity contribution >= 4 is 27.9 Å². The minimum absolute atomic E-state index is 0.0786. The van der Waals surface area contributed by atoms with Crippen molar-refractivity contribution in [2.45, 2.75) is 69.8 Å². The number of hydrogen-bond donors (Lipinski definition) is 1. The second kappa shape index (κ2) is 9.06. The molecule has 0 bridgehead atoms. The van der Waals surface area contributed by atoms with Crippen LogP contribution in [0.4, 0.5) is 4.39 Å². The highest BCUT2D eigenvalue weighted by Crippen LogP contribution is 2.43. The fourth-order valence-electron chi connectivity index (χ4n) is 5.73. The van der Waals surface area contributed by atoms with E-state index >= 15 is 0 Å². The standard InChI is InChI=1S/C29H30FN3O2/c1-17(28-32-26-11-9-20(15-27(26)33-28)29(34)35-22-3-2-4-22)18-5-7-19(8-6-18)23-13-14-31-25-12-10-21(30)16-24(23)25/h9-19,22H,2-8H2,1H3,(H,32,33)/t17-,18-,19+/m1/s1. The van der Waals surface area contributed by atoms with Crippen molar-refractivity contribution in [3.63, 3.8) is 0 Å². The highest BCUT2D eigenvalue weighted by atomic mass is 19.1. The highest BCUT2D eigenvalue weighted by Gasteiger charge is 2.29. The van der Waals surface area contributed by atoms with E-state index in [0.29, 0.717) is 23.3 Å². The normalized spacial score (nSPS) is 21.7. The first-order valence-corrected chi connectivity index (χ1v) is 12.8.